The van der Waals surface area contributed by atoms with Crippen LogP contribution in [0, 0.1) is 0 Å². The lowest BCUT2D eigenvalue weighted by molar-refractivity contribution is 0.116. The van der Waals surface area contributed by atoms with Gasteiger partial charge in [0.2, 0.25) is 0 Å². The molecule has 2 rings (SSSR count). The van der Waals surface area contributed by atoms with Crippen LogP contribution in [-0.4, -0.2) is 79.5 Å². The monoisotopic (exact) mass is 305 g/mol. The van der Waals surface area contributed by atoms with Crippen LogP contribution in [0.5, 0.6) is 0 Å². The Labute approximate surface area is 122 Å². The van der Waals surface area contributed by atoms with Crippen LogP contribution in [0.1, 0.15) is 32.1 Å². The molecule has 2 saturated heterocycles. The maximum Gasteiger partial charge on any atom is 0.282 e. The Morgan fingerprint density at radius 1 is 1.00 bits per heavy atom. The predicted molar refractivity (Wildman–Crippen MR) is 78.7 cm³/mol. The second-order valence-corrected chi connectivity index (χ2v) is 7.75. The van der Waals surface area contributed by atoms with Gasteiger partial charge in [-0.25, -0.2) is 0 Å². The lowest BCUT2D eigenvalue weighted by atomic mass is 10.1. The van der Waals surface area contributed by atoms with Crippen LogP contribution in [0.15, 0.2) is 0 Å². The quantitative estimate of drug-likeness (QED) is 0.800. The highest BCUT2D eigenvalue weighted by molar-refractivity contribution is 7.86. The fraction of sp³-hybridized carbons (Fsp3) is 1.00. The van der Waals surface area contributed by atoms with Crippen LogP contribution in [0.2, 0.25) is 0 Å². The zero-order valence-electron chi connectivity index (χ0n) is 12.4. The Kier molecular flexibility index (Phi) is 5.80. The van der Waals surface area contributed by atoms with E-state index in [1.54, 1.807) is 8.61 Å². The summed E-state index contributed by atoms with van der Waals surface area (Å²) in [4.78, 5) is 2.14. The van der Waals surface area contributed by atoms with Gasteiger partial charge in [0.15, 0.2) is 0 Å². The molecule has 2 aliphatic rings. The largest absolute Gasteiger partial charge is 0.396 e. The van der Waals surface area contributed by atoms with Gasteiger partial charge < -0.3 is 10.0 Å². The molecule has 0 unspecified atom stereocenters. The molecule has 0 spiro atoms. The van der Waals surface area contributed by atoms with Crippen molar-refractivity contribution < 1.29 is 13.5 Å². The van der Waals surface area contributed by atoms with Crippen LogP contribution in [0.4, 0.5) is 0 Å². The third kappa shape index (κ3) is 3.71. The van der Waals surface area contributed by atoms with E-state index in [4.69, 9.17) is 5.11 Å². The molecule has 0 aromatic rings. The smallest absolute Gasteiger partial charge is 0.282 e. The van der Waals surface area contributed by atoms with Crippen molar-refractivity contribution in [1.82, 2.24) is 13.5 Å². The Morgan fingerprint density at radius 3 is 2.25 bits per heavy atom. The number of piperazine rings is 1. The Balaban J connectivity index is 2.04. The van der Waals surface area contributed by atoms with Gasteiger partial charge in [-0.1, -0.05) is 12.8 Å². The topological polar surface area (TPSA) is 64.1 Å². The van der Waals surface area contributed by atoms with Gasteiger partial charge in [-0.05, 0) is 26.3 Å². The summed E-state index contributed by atoms with van der Waals surface area (Å²) in [7, 11) is -1.33. The van der Waals surface area contributed by atoms with Crippen LogP contribution in [0.3, 0.4) is 0 Å². The predicted octanol–water partition coefficient (Wildman–Crippen LogP) is 0.106. The molecule has 1 atom stereocenters. The minimum Gasteiger partial charge on any atom is -0.396 e. The van der Waals surface area contributed by atoms with Crippen LogP contribution < -0.4 is 0 Å². The second-order valence-electron chi connectivity index (χ2n) is 5.83. The van der Waals surface area contributed by atoms with E-state index in [1.807, 2.05) is 7.05 Å². The van der Waals surface area contributed by atoms with Crippen molar-refractivity contribution in [2.24, 2.45) is 0 Å². The molecule has 2 heterocycles. The van der Waals surface area contributed by atoms with Gasteiger partial charge in [-0.2, -0.15) is 17.0 Å². The van der Waals surface area contributed by atoms with Gasteiger partial charge in [-0.3, -0.25) is 0 Å². The first-order valence-corrected chi connectivity index (χ1v) is 9.01. The van der Waals surface area contributed by atoms with Crippen molar-refractivity contribution in [2.45, 2.75) is 38.1 Å². The molecule has 0 saturated carbocycles. The van der Waals surface area contributed by atoms with E-state index in [2.05, 4.69) is 4.90 Å². The molecule has 0 aliphatic carbocycles. The summed E-state index contributed by atoms with van der Waals surface area (Å²) < 4.78 is 28.7. The maximum absolute atomic E-state index is 12.7. The van der Waals surface area contributed by atoms with Crippen molar-refractivity contribution in [3.05, 3.63) is 0 Å². The number of rotatable bonds is 4. The third-order valence-corrected chi connectivity index (χ3v) is 6.42. The minimum absolute atomic E-state index is 0.104. The van der Waals surface area contributed by atoms with E-state index in [-0.39, 0.29) is 12.6 Å². The molecule has 6 nitrogen and oxygen atoms in total. The zero-order valence-corrected chi connectivity index (χ0v) is 13.2. The van der Waals surface area contributed by atoms with E-state index in [9.17, 15) is 8.42 Å². The maximum atomic E-state index is 12.7. The van der Waals surface area contributed by atoms with Crippen molar-refractivity contribution in [2.75, 3.05) is 46.4 Å². The molecule has 118 valence electrons. The highest BCUT2D eigenvalue weighted by Crippen LogP contribution is 2.20. The molecule has 0 amide bonds. The van der Waals surface area contributed by atoms with Crippen LogP contribution >= 0.6 is 0 Å². The van der Waals surface area contributed by atoms with E-state index < -0.39 is 10.2 Å². The summed E-state index contributed by atoms with van der Waals surface area (Å²) in [6, 6.07) is 0.121. The molecule has 0 aromatic heterocycles. The number of likely N-dealkylation sites (N-methyl/N-ethyl adjacent to an activating group) is 1. The lowest BCUT2D eigenvalue weighted by Gasteiger charge is -2.40. The Bertz CT molecular complexity index is 394. The highest BCUT2D eigenvalue weighted by atomic mass is 32.2. The van der Waals surface area contributed by atoms with Gasteiger partial charge in [0, 0.05) is 45.4 Å². The summed E-state index contributed by atoms with van der Waals surface area (Å²) in [6.45, 7) is 3.19. The van der Waals surface area contributed by atoms with E-state index in [1.165, 1.54) is 0 Å². The molecule has 1 N–H and O–H groups in total. The number of aliphatic hydroxyl groups excluding tert-OH is 1. The Morgan fingerprint density at radius 2 is 1.65 bits per heavy atom. The highest BCUT2D eigenvalue weighted by Gasteiger charge is 2.35. The first-order valence-electron chi connectivity index (χ1n) is 7.62. The second kappa shape index (κ2) is 7.17. The van der Waals surface area contributed by atoms with Crippen LogP contribution in [0.25, 0.3) is 0 Å². The van der Waals surface area contributed by atoms with Gasteiger partial charge in [-0.15, -0.1) is 0 Å². The number of aliphatic hydroxyl groups is 1. The average molecular weight is 305 g/mol. The van der Waals surface area contributed by atoms with Gasteiger partial charge in [0.1, 0.15) is 0 Å². The average Bonchev–Trinajstić information content (AvgIpc) is 2.70. The van der Waals surface area contributed by atoms with Gasteiger partial charge in [0.25, 0.3) is 10.2 Å². The summed E-state index contributed by atoms with van der Waals surface area (Å²) in [5.74, 6) is 0. The zero-order chi connectivity index (χ0) is 14.6. The van der Waals surface area contributed by atoms with E-state index >= 15 is 0 Å². The standard InChI is InChI=1S/C13H27N3O3S/c1-14-9-10-16(12-13(14)6-11-17)20(18,19)15-7-4-2-3-5-8-15/h13,17H,2-12H2,1H3/t13-/m0/s1. The first kappa shape index (κ1) is 16.2. The summed E-state index contributed by atoms with van der Waals surface area (Å²) in [5.41, 5.74) is 0. The molecule has 2 aliphatic heterocycles. The lowest BCUT2D eigenvalue weighted by Crippen LogP contribution is -2.56. The van der Waals surface area contributed by atoms with E-state index in [0.29, 0.717) is 32.6 Å². The third-order valence-electron chi connectivity index (χ3n) is 4.42. The van der Waals surface area contributed by atoms with Crippen molar-refractivity contribution in [3.8, 4) is 0 Å². The van der Waals surface area contributed by atoms with Gasteiger partial charge >= 0.3 is 0 Å². The van der Waals surface area contributed by atoms with Crippen molar-refractivity contribution in [1.29, 1.82) is 0 Å². The summed E-state index contributed by atoms with van der Waals surface area (Å²) in [5, 5.41) is 9.11. The Hall–Kier alpha value is -0.210. The fourth-order valence-corrected chi connectivity index (χ4v) is 4.74. The number of hydrogen-bond acceptors (Lipinski definition) is 4. The minimum atomic E-state index is -3.32. The van der Waals surface area contributed by atoms with Crippen LogP contribution in [-0.2, 0) is 10.2 Å². The normalized spacial score (nSPS) is 28.4. The molecule has 2 fully saturated rings. The molecule has 7 heteroatoms. The molecule has 0 bridgehead atoms. The molecule has 0 radical (unpaired) electrons. The van der Waals surface area contributed by atoms with Gasteiger partial charge in [0.05, 0.1) is 0 Å². The van der Waals surface area contributed by atoms with Crippen molar-refractivity contribution >= 4 is 10.2 Å². The first-order chi connectivity index (χ1) is 9.55. The molecule has 0 aromatic carbocycles. The molecular weight excluding hydrogens is 278 g/mol. The molecular formula is C13H27N3O3S. The van der Waals surface area contributed by atoms with Crippen molar-refractivity contribution in [3.63, 3.8) is 0 Å². The summed E-state index contributed by atoms with van der Waals surface area (Å²) >= 11 is 0. The van der Waals surface area contributed by atoms with E-state index in [0.717, 1.165) is 32.2 Å². The SMILES string of the molecule is CN1CCN(S(=O)(=O)N2CCCCCC2)C[C@@H]1CCO. The number of hydrogen-bond donors (Lipinski definition) is 1. The summed E-state index contributed by atoms with van der Waals surface area (Å²) in [6.07, 6.45) is 4.81. The fourth-order valence-electron chi connectivity index (χ4n) is 3.02. The number of nitrogens with zero attached hydrogens (tertiary/aromatic N) is 3. The molecule has 20 heavy (non-hydrogen) atoms.